The second-order valence-electron chi connectivity index (χ2n) is 7.47. The van der Waals surface area contributed by atoms with Crippen LogP contribution in [0.5, 0.6) is 0 Å². The molecule has 4 rings (SSSR count). The van der Waals surface area contributed by atoms with Crippen LogP contribution in [0, 0.1) is 0 Å². The van der Waals surface area contributed by atoms with Crippen LogP contribution in [0.3, 0.4) is 0 Å². The van der Waals surface area contributed by atoms with Crippen LogP contribution in [0.15, 0.2) is 23.6 Å². The Labute approximate surface area is 159 Å². The lowest BCUT2D eigenvalue weighted by Gasteiger charge is -2.26. The lowest BCUT2D eigenvalue weighted by Crippen LogP contribution is -2.43. The summed E-state index contributed by atoms with van der Waals surface area (Å²) in [5.41, 5.74) is -0.693. The molecule has 1 N–H and O–H groups in total. The predicted molar refractivity (Wildman–Crippen MR) is 96.7 cm³/mol. The third-order valence-electron chi connectivity index (χ3n) is 5.59. The topological polar surface area (TPSA) is 46.9 Å². The third kappa shape index (κ3) is 3.63. The van der Waals surface area contributed by atoms with Crippen molar-refractivity contribution >= 4 is 17.2 Å². The molecule has 2 fully saturated rings. The van der Waals surface area contributed by atoms with E-state index >= 15 is 0 Å². The number of nitrogens with one attached hydrogen (secondary N) is 1. The van der Waals surface area contributed by atoms with Gasteiger partial charge in [-0.15, -0.1) is 11.3 Å². The van der Waals surface area contributed by atoms with Crippen molar-refractivity contribution in [1.29, 1.82) is 0 Å². The maximum absolute atomic E-state index is 13.0. The highest BCUT2D eigenvalue weighted by atomic mass is 32.1. The Balaban J connectivity index is 1.44. The first kappa shape index (κ1) is 18.5. The van der Waals surface area contributed by atoms with Gasteiger partial charge in [-0.25, -0.2) is 0 Å². The van der Waals surface area contributed by atoms with Crippen molar-refractivity contribution < 1.29 is 18.0 Å². The number of carbonyl (C=O) groups is 1. The average molecular weight is 397 g/mol. The Morgan fingerprint density at radius 2 is 2.07 bits per heavy atom. The fourth-order valence-corrected chi connectivity index (χ4v) is 5.00. The number of hydrogen-bond acceptors (Lipinski definition) is 3. The molecule has 2 aromatic rings. The predicted octanol–water partition coefficient (Wildman–Crippen LogP) is 4.47. The zero-order valence-electron chi connectivity index (χ0n) is 14.9. The van der Waals surface area contributed by atoms with Crippen LogP contribution in [0.25, 0.3) is 0 Å². The van der Waals surface area contributed by atoms with E-state index in [1.54, 1.807) is 11.3 Å². The van der Waals surface area contributed by atoms with Crippen molar-refractivity contribution in [3.05, 3.63) is 39.8 Å². The van der Waals surface area contributed by atoms with Gasteiger partial charge in [0.2, 0.25) is 5.91 Å². The van der Waals surface area contributed by atoms with Gasteiger partial charge in [0.1, 0.15) is 0 Å². The number of aromatic nitrogens is 2. The maximum atomic E-state index is 13.0. The molecule has 0 aliphatic heterocycles. The summed E-state index contributed by atoms with van der Waals surface area (Å²) in [6, 6.07) is 5.12. The molecule has 2 saturated carbocycles. The summed E-state index contributed by atoms with van der Waals surface area (Å²) < 4.78 is 40.4. The molecule has 0 radical (unpaired) electrons. The van der Waals surface area contributed by atoms with Crippen LogP contribution in [0.2, 0.25) is 0 Å². The minimum atomic E-state index is -4.44. The van der Waals surface area contributed by atoms with Gasteiger partial charge in [-0.2, -0.15) is 18.3 Å². The number of thiophene rings is 1. The van der Waals surface area contributed by atoms with Gasteiger partial charge < -0.3 is 5.32 Å². The summed E-state index contributed by atoms with van der Waals surface area (Å²) in [7, 11) is 0. The van der Waals surface area contributed by atoms with Gasteiger partial charge in [0.05, 0.1) is 12.0 Å². The van der Waals surface area contributed by atoms with Crippen molar-refractivity contribution in [2.45, 2.75) is 62.6 Å². The first-order valence-corrected chi connectivity index (χ1v) is 10.3. The van der Waals surface area contributed by atoms with E-state index in [0.717, 1.165) is 49.5 Å². The minimum Gasteiger partial charge on any atom is -0.353 e. The van der Waals surface area contributed by atoms with E-state index in [2.05, 4.69) is 10.4 Å². The Morgan fingerprint density at radius 3 is 2.67 bits per heavy atom. The smallest absolute Gasteiger partial charge is 0.353 e. The Bertz CT molecular complexity index is 803. The molecule has 2 heterocycles. The van der Waals surface area contributed by atoms with Gasteiger partial charge >= 0.3 is 6.18 Å². The summed E-state index contributed by atoms with van der Waals surface area (Å²) in [4.78, 5) is 14.0. The maximum Gasteiger partial charge on any atom is 0.435 e. The summed E-state index contributed by atoms with van der Waals surface area (Å²) in [5.74, 6) is 0.148. The molecular formula is C19H22F3N3OS. The molecule has 4 nitrogen and oxygen atoms in total. The molecule has 0 saturated heterocycles. The normalized spacial score (nSPS) is 19.4. The monoisotopic (exact) mass is 397 g/mol. The Morgan fingerprint density at radius 1 is 1.33 bits per heavy atom. The second-order valence-corrected chi connectivity index (χ2v) is 8.42. The van der Waals surface area contributed by atoms with E-state index in [0.29, 0.717) is 5.69 Å². The van der Waals surface area contributed by atoms with Gasteiger partial charge in [0.25, 0.3) is 0 Å². The van der Waals surface area contributed by atoms with Gasteiger partial charge in [-0.1, -0.05) is 18.9 Å². The number of carbonyl (C=O) groups excluding carboxylic acids is 1. The molecular weight excluding hydrogens is 375 g/mol. The highest BCUT2D eigenvalue weighted by Gasteiger charge is 2.43. The van der Waals surface area contributed by atoms with Crippen molar-refractivity contribution in [2.75, 3.05) is 6.54 Å². The van der Waals surface area contributed by atoms with E-state index < -0.39 is 17.3 Å². The van der Waals surface area contributed by atoms with Crippen molar-refractivity contribution in [3.63, 3.8) is 0 Å². The summed E-state index contributed by atoms with van der Waals surface area (Å²) in [5, 5.41) is 8.69. The molecule has 2 aliphatic carbocycles. The number of amides is 1. The van der Waals surface area contributed by atoms with Crippen LogP contribution >= 0.6 is 11.3 Å². The van der Waals surface area contributed by atoms with Gasteiger partial charge in [-0.05, 0) is 43.2 Å². The van der Waals surface area contributed by atoms with Crippen molar-refractivity contribution in [3.8, 4) is 0 Å². The Hall–Kier alpha value is -1.83. The average Bonchev–Trinajstić information content (AvgIpc) is 3.08. The molecule has 2 aromatic heterocycles. The van der Waals surface area contributed by atoms with E-state index in [-0.39, 0.29) is 24.9 Å². The molecule has 1 amide bonds. The molecule has 0 unspecified atom stereocenters. The fraction of sp³-hybridized carbons (Fsp3) is 0.579. The first-order valence-electron chi connectivity index (χ1n) is 9.37. The van der Waals surface area contributed by atoms with Crippen LogP contribution < -0.4 is 5.32 Å². The zero-order chi connectivity index (χ0) is 19.1. The van der Waals surface area contributed by atoms with Crippen molar-refractivity contribution in [2.24, 2.45) is 0 Å². The molecule has 2 aliphatic rings. The second kappa shape index (κ2) is 6.96. The summed E-state index contributed by atoms with van der Waals surface area (Å²) in [6.07, 6.45) is 1.05. The fourth-order valence-electron chi connectivity index (χ4n) is 4.02. The quantitative estimate of drug-likeness (QED) is 0.782. The highest BCUT2D eigenvalue weighted by Crippen LogP contribution is 2.44. The van der Waals surface area contributed by atoms with Crippen LogP contribution in [-0.2, 0) is 22.9 Å². The largest absolute Gasteiger partial charge is 0.435 e. The molecule has 0 spiro atoms. The minimum absolute atomic E-state index is 0.0152. The van der Waals surface area contributed by atoms with Gasteiger partial charge in [-0.3, -0.25) is 9.48 Å². The summed E-state index contributed by atoms with van der Waals surface area (Å²) in [6.45, 7) is 0.541. The summed E-state index contributed by atoms with van der Waals surface area (Å²) >= 11 is 1.59. The number of alkyl halides is 3. The number of rotatable bonds is 6. The van der Waals surface area contributed by atoms with E-state index in [4.69, 9.17) is 0 Å². The van der Waals surface area contributed by atoms with Crippen LogP contribution in [0.4, 0.5) is 13.2 Å². The van der Waals surface area contributed by atoms with E-state index in [1.165, 1.54) is 4.68 Å². The first-order chi connectivity index (χ1) is 12.9. The van der Waals surface area contributed by atoms with Gasteiger partial charge in [0.15, 0.2) is 5.69 Å². The third-order valence-corrected chi connectivity index (χ3v) is 6.66. The van der Waals surface area contributed by atoms with Crippen LogP contribution in [0.1, 0.15) is 60.7 Å². The van der Waals surface area contributed by atoms with Crippen molar-refractivity contribution in [1.82, 2.24) is 15.1 Å². The molecule has 0 atom stereocenters. The zero-order valence-corrected chi connectivity index (χ0v) is 15.7. The lowest BCUT2D eigenvalue weighted by molar-refractivity contribution is -0.141. The van der Waals surface area contributed by atoms with Gasteiger partial charge in [0, 0.05) is 23.0 Å². The number of nitrogens with zero attached hydrogens (tertiary/aromatic N) is 2. The van der Waals surface area contributed by atoms with Crippen LogP contribution in [-0.4, -0.2) is 22.2 Å². The standard InChI is InChI=1S/C19H22F3N3OS/c20-19(21,22)15-12-14(13-5-6-13)25(24-15)10-9-23-17(26)18(7-1-2-8-18)16-4-3-11-27-16/h3-4,11-13H,1-2,5-10H2,(H,23,26). The molecule has 8 heteroatoms. The van der Waals surface area contributed by atoms with E-state index in [9.17, 15) is 18.0 Å². The highest BCUT2D eigenvalue weighted by molar-refractivity contribution is 7.10. The molecule has 146 valence electrons. The molecule has 0 bridgehead atoms. The SMILES string of the molecule is O=C(NCCn1nc(C(F)(F)F)cc1C1CC1)C1(c2cccs2)CCCC1. The molecule has 27 heavy (non-hydrogen) atoms. The number of hydrogen-bond donors (Lipinski definition) is 1. The van der Waals surface area contributed by atoms with E-state index in [1.807, 2.05) is 17.5 Å². The number of halogens is 3. The lowest BCUT2D eigenvalue weighted by atomic mass is 9.83. The molecule has 0 aromatic carbocycles. The Kier molecular flexibility index (Phi) is 4.78.